The van der Waals surface area contributed by atoms with Crippen molar-refractivity contribution in [1.82, 2.24) is 0 Å². The summed E-state index contributed by atoms with van der Waals surface area (Å²) in [7, 11) is 0. The Morgan fingerprint density at radius 1 is 0.842 bits per heavy atom. The zero-order valence-corrected chi connectivity index (χ0v) is 13.4. The summed E-state index contributed by atoms with van der Waals surface area (Å²) in [5.74, 6) is -0.120. The van der Waals surface area contributed by atoms with E-state index in [0.29, 0.717) is 6.61 Å². The molecule has 112 valence electrons. The van der Waals surface area contributed by atoms with Crippen molar-refractivity contribution in [3.8, 4) is 0 Å². The third-order valence-electron chi connectivity index (χ3n) is 3.43. The number of carbonyl (C=O) groups excluding carboxylic acids is 1. The molecule has 0 aliphatic rings. The van der Waals surface area contributed by atoms with Gasteiger partial charge in [0.1, 0.15) is 0 Å². The highest BCUT2D eigenvalue weighted by Gasteiger charge is 2.09. The molecule has 0 aromatic carbocycles. The van der Waals surface area contributed by atoms with Crippen LogP contribution >= 0.6 is 0 Å². The average Bonchev–Trinajstić information content (AvgIpc) is 2.37. The number of allylic oxidation sites excluding steroid dienone is 1. The smallest absolute Gasteiger partial charge is 0.333 e. The zero-order chi connectivity index (χ0) is 14.5. The SMILES string of the molecule is CCCCCCCCCCOC(=O)C(CC)=C(C)C. The number of rotatable bonds is 11. The highest BCUT2D eigenvalue weighted by Crippen LogP contribution is 2.11. The molecule has 0 atom stereocenters. The van der Waals surface area contributed by atoms with Gasteiger partial charge in [-0.3, -0.25) is 0 Å². The van der Waals surface area contributed by atoms with E-state index < -0.39 is 0 Å². The van der Waals surface area contributed by atoms with Crippen molar-refractivity contribution in [3.63, 3.8) is 0 Å². The zero-order valence-electron chi connectivity index (χ0n) is 13.4. The summed E-state index contributed by atoms with van der Waals surface area (Å²) in [5.41, 5.74) is 1.91. The molecule has 2 heteroatoms. The molecule has 0 rings (SSSR count). The number of ether oxygens (including phenoxy) is 1. The van der Waals surface area contributed by atoms with E-state index in [4.69, 9.17) is 4.74 Å². The second kappa shape index (κ2) is 12.3. The molecular weight excluding hydrogens is 236 g/mol. The quantitative estimate of drug-likeness (QED) is 0.284. The third kappa shape index (κ3) is 9.75. The minimum atomic E-state index is -0.120. The van der Waals surface area contributed by atoms with Crippen LogP contribution in [0.5, 0.6) is 0 Å². The Morgan fingerprint density at radius 2 is 1.37 bits per heavy atom. The van der Waals surface area contributed by atoms with Crippen molar-refractivity contribution in [1.29, 1.82) is 0 Å². The van der Waals surface area contributed by atoms with E-state index in [9.17, 15) is 4.79 Å². The Balaban J connectivity index is 3.49. The van der Waals surface area contributed by atoms with Crippen LogP contribution in [0.1, 0.15) is 85.5 Å². The molecule has 0 aliphatic carbocycles. The van der Waals surface area contributed by atoms with E-state index in [1.807, 2.05) is 20.8 Å². The molecule has 2 nitrogen and oxygen atoms in total. The first-order chi connectivity index (χ1) is 9.13. The molecule has 0 heterocycles. The fourth-order valence-corrected chi connectivity index (χ4v) is 2.19. The van der Waals surface area contributed by atoms with Gasteiger partial charge < -0.3 is 4.74 Å². The molecule has 19 heavy (non-hydrogen) atoms. The van der Waals surface area contributed by atoms with Crippen LogP contribution in [-0.4, -0.2) is 12.6 Å². The lowest BCUT2D eigenvalue weighted by atomic mass is 10.1. The van der Waals surface area contributed by atoms with Crippen molar-refractivity contribution in [2.45, 2.75) is 85.5 Å². The van der Waals surface area contributed by atoms with Crippen LogP contribution < -0.4 is 0 Å². The van der Waals surface area contributed by atoms with Crippen LogP contribution in [0.25, 0.3) is 0 Å². The van der Waals surface area contributed by atoms with Gasteiger partial charge in [-0.1, -0.05) is 64.4 Å². The Hall–Kier alpha value is -0.790. The Morgan fingerprint density at radius 3 is 1.84 bits per heavy atom. The second-order valence-corrected chi connectivity index (χ2v) is 5.44. The largest absolute Gasteiger partial charge is 0.462 e. The number of esters is 1. The lowest BCUT2D eigenvalue weighted by Gasteiger charge is -2.08. The molecule has 0 N–H and O–H groups in total. The number of hydrogen-bond acceptors (Lipinski definition) is 2. The highest BCUT2D eigenvalue weighted by molar-refractivity contribution is 5.89. The minimum Gasteiger partial charge on any atom is -0.462 e. The van der Waals surface area contributed by atoms with Crippen LogP contribution in [0.4, 0.5) is 0 Å². The van der Waals surface area contributed by atoms with Gasteiger partial charge in [-0.05, 0) is 26.7 Å². The Bertz CT molecular complexity index is 262. The van der Waals surface area contributed by atoms with Gasteiger partial charge in [-0.15, -0.1) is 0 Å². The fraction of sp³-hybridized carbons (Fsp3) is 0.824. The number of carbonyl (C=O) groups is 1. The van der Waals surface area contributed by atoms with Crippen LogP contribution in [-0.2, 0) is 9.53 Å². The first-order valence-electron chi connectivity index (χ1n) is 7.96. The van der Waals surface area contributed by atoms with Gasteiger partial charge in [0.05, 0.1) is 6.61 Å². The highest BCUT2D eigenvalue weighted by atomic mass is 16.5. The predicted molar refractivity (Wildman–Crippen MR) is 82.2 cm³/mol. The van der Waals surface area contributed by atoms with Gasteiger partial charge >= 0.3 is 5.97 Å². The second-order valence-electron chi connectivity index (χ2n) is 5.44. The van der Waals surface area contributed by atoms with E-state index in [1.165, 1.54) is 44.9 Å². The molecule has 0 saturated carbocycles. The lowest BCUT2D eigenvalue weighted by molar-refractivity contribution is -0.139. The van der Waals surface area contributed by atoms with Gasteiger partial charge in [0.15, 0.2) is 0 Å². The molecular formula is C17H32O2. The molecule has 0 bridgehead atoms. The Kier molecular flexibility index (Phi) is 11.7. The monoisotopic (exact) mass is 268 g/mol. The summed E-state index contributed by atoms with van der Waals surface area (Å²) < 4.78 is 5.30. The summed E-state index contributed by atoms with van der Waals surface area (Å²) in [6.07, 6.45) is 10.9. The average molecular weight is 268 g/mol. The van der Waals surface area contributed by atoms with Crippen LogP contribution in [0.2, 0.25) is 0 Å². The van der Waals surface area contributed by atoms with E-state index in [0.717, 1.165) is 24.0 Å². The van der Waals surface area contributed by atoms with Gasteiger partial charge in [0.2, 0.25) is 0 Å². The van der Waals surface area contributed by atoms with Crippen LogP contribution in [0.3, 0.4) is 0 Å². The van der Waals surface area contributed by atoms with Crippen molar-refractivity contribution in [2.24, 2.45) is 0 Å². The van der Waals surface area contributed by atoms with Gasteiger partial charge in [0, 0.05) is 5.57 Å². The van der Waals surface area contributed by atoms with Gasteiger partial charge in [-0.2, -0.15) is 0 Å². The molecule has 0 radical (unpaired) electrons. The van der Waals surface area contributed by atoms with Crippen molar-refractivity contribution in [2.75, 3.05) is 6.61 Å². The first-order valence-corrected chi connectivity index (χ1v) is 7.96. The van der Waals surface area contributed by atoms with E-state index >= 15 is 0 Å². The van der Waals surface area contributed by atoms with Crippen LogP contribution in [0.15, 0.2) is 11.1 Å². The maximum absolute atomic E-state index is 11.7. The van der Waals surface area contributed by atoms with Crippen molar-refractivity contribution < 1.29 is 9.53 Å². The van der Waals surface area contributed by atoms with Crippen molar-refractivity contribution >= 4 is 5.97 Å². The molecule has 0 aromatic rings. The summed E-state index contributed by atoms with van der Waals surface area (Å²) in [6, 6.07) is 0. The maximum Gasteiger partial charge on any atom is 0.333 e. The molecule has 0 spiro atoms. The molecule has 0 saturated heterocycles. The molecule has 0 fully saturated rings. The van der Waals surface area contributed by atoms with E-state index in [1.54, 1.807) is 0 Å². The third-order valence-corrected chi connectivity index (χ3v) is 3.43. The Labute approximate surface area is 119 Å². The summed E-state index contributed by atoms with van der Waals surface area (Å²) in [4.78, 5) is 11.7. The van der Waals surface area contributed by atoms with E-state index in [-0.39, 0.29) is 5.97 Å². The molecule has 0 aliphatic heterocycles. The molecule has 0 unspecified atom stereocenters. The van der Waals surface area contributed by atoms with Gasteiger partial charge in [-0.25, -0.2) is 4.79 Å². The predicted octanol–water partition coefficient (Wildman–Crippen LogP) is 5.42. The normalized spacial score (nSPS) is 10.3. The number of hydrogen-bond donors (Lipinski definition) is 0. The summed E-state index contributed by atoms with van der Waals surface area (Å²) >= 11 is 0. The summed E-state index contributed by atoms with van der Waals surface area (Å²) in [5, 5.41) is 0. The maximum atomic E-state index is 11.7. The first kappa shape index (κ1) is 18.2. The number of unbranched alkanes of at least 4 members (excludes halogenated alkanes) is 7. The standard InChI is InChI=1S/C17H32O2/c1-5-7-8-9-10-11-12-13-14-19-17(18)16(6-2)15(3)4/h5-14H2,1-4H3. The minimum absolute atomic E-state index is 0.120. The van der Waals surface area contributed by atoms with Crippen molar-refractivity contribution in [3.05, 3.63) is 11.1 Å². The molecule has 0 aromatic heterocycles. The molecule has 0 amide bonds. The van der Waals surface area contributed by atoms with Gasteiger partial charge in [0.25, 0.3) is 0 Å². The summed E-state index contributed by atoms with van der Waals surface area (Å²) in [6.45, 7) is 8.75. The topological polar surface area (TPSA) is 26.3 Å². The van der Waals surface area contributed by atoms with E-state index in [2.05, 4.69) is 6.92 Å². The lowest BCUT2D eigenvalue weighted by Crippen LogP contribution is -2.09. The van der Waals surface area contributed by atoms with Crippen LogP contribution in [0, 0.1) is 0 Å². The fourth-order valence-electron chi connectivity index (χ4n) is 2.19.